The topological polar surface area (TPSA) is 20.3 Å². The number of anilines is 1. The Kier molecular flexibility index (Phi) is 5.10. The summed E-state index contributed by atoms with van der Waals surface area (Å²) in [6.45, 7) is 0.283. The fourth-order valence-electron chi connectivity index (χ4n) is 4.69. The van der Waals surface area contributed by atoms with Crippen molar-refractivity contribution in [2.45, 2.75) is 6.92 Å². The van der Waals surface area contributed by atoms with Gasteiger partial charge in [0.05, 0.1) is 11.0 Å². The molecule has 1 aliphatic rings. The van der Waals surface area contributed by atoms with E-state index in [0.29, 0.717) is 6.54 Å². The van der Waals surface area contributed by atoms with Crippen molar-refractivity contribution in [2.24, 2.45) is 0 Å². The molecule has 31 heavy (non-hydrogen) atoms. The summed E-state index contributed by atoms with van der Waals surface area (Å²) in [4.78, 5) is 16.0. The fraction of sp³-hybridized carbons (Fsp3) is 0.0714. The van der Waals surface area contributed by atoms with Crippen molar-refractivity contribution < 1.29 is 4.79 Å². The van der Waals surface area contributed by atoms with E-state index in [9.17, 15) is 4.79 Å². The number of amides is 1. The van der Waals surface area contributed by atoms with Crippen molar-refractivity contribution in [3.05, 3.63) is 121 Å². The Morgan fingerprint density at radius 1 is 0.613 bits per heavy atom. The van der Waals surface area contributed by atoms with E-state index in [-0.39, 0.29) is 5.91 Å². The molecule has 1 aliphatic heterocycles. The van der Waals surface area contributed by atoms with Crippen LogP contribution in [0.25, 0.3) is 0 Å². The molecule has 0 aromatic heterocycles. The molecule has 3 heteroatoms. The number of hydrogen-bond donors (Lipinski definition) is 0. The zero-order valence-electron chi connectivity index (χ0n) is 17.5. The molecule has 0 atom stereocenters. The second kappa shape index (κ2) is 8.06. The number of benzene rings is 4. The summed E-state index contributed by atoms with van der Waals surface area (Å²) in [6.07, 6.45) is 0. The number of hydrogen-bond acceptors (Lipinski definition) is 1. The van der Waals surface area contributed by atoms with Crippen LogP contribution in [-0.4, -0.2) is 17.7 Å². The van der Waals surface area contributed by atoms with Crippen molar-refractivity contribution in [3.63, 3.8) is 0 Å². The van der Waals surface area contributed by atoms with E-state index in [1.54, 1.807) is 0 Å². The minimum atomic E-state index is -2.41. The van der Waals surface area contributed by atoms with Crippen molar-refractivity contribution in [3.8, 4) is 0 Å². The highest BCUT2D eigenvalue weighted by Crippen LogP contribution is 2.50. The maximum atomic E-state index is 14.1. The minimum Gasteiger partial charge on any atom is -0.308 e. The Labute approximate surface area is 183 Å². The number of nitrogens with zero attached hydrogens (tertiary/aromatic N) is 1. The quantitative estimate of drug-likeness (QED) is 0.442. The summed E-state index contributed by atoms with van der Waals surface area (Å²) in [5, 5.41) is 4.52. The van der Waals surface area contributed by atoms with E-state index < -0.39 is 6.89 Å². The number of carbonyl (C=O) groups is 1. The lowest BCUT2D eigenvalue weighted by Crippen LogP contribution is -2.36. The van der Waals surface area contributed by atoms with Gasteiger partial charge < -0.3 is 4.90 Å². The summed E-state index contributed by atoms with van der Waals surface area (Å²) in [5.41, 5.74) is 2.07. The lowest BCUT2D eigenvalue weighted by Gasteiger charge is -2.31. The monoisotopic (exact) mass is 421 g/mol. The largest absolute Gasteiger partial charge is 0.308 e. The van der Waals surface area contributed by atoms with E-state index in [4.69, 9.17) is 0 Å². The van der Waals surface area contributed by atoms with E-state index in [2.05, 4.69) is 84.9 Å². The Morgan fingerprint density at radius 3 is 1.48 bits per heavy atom. The predicted molar refractivity (Wildman–Crippen MR) is 134 cm³/mol. The second-order valence-electron chi connectivity index (χ2n) is 7.59. The van der Waals surface area contributed by atoms with Crippen molar-refractivity contribution in [2.75, 3.05) is 11.4 Å². The Bertz CT molecular complexity index is 1180. The van der Waals surface area contributed by atoms with Gasteiger partial charge in [-0.25, -0.2) is 0 Å². The van der Waals surface area contributed by atoms with Gasteiger partial charge in [-0.3, -0.25) is 4.79 Å². The van der Waals surface area contributed by atoms with Gasteiger partial charge in [-0.2, -0.15) is 0 Å². The lowest BCUT2D eigenvalue weighted by molar-refractivity contribution is -0.112. The molecule has 0 saturated carbocycles. The predicted octanol–water partition coefficient (Wildman–Crippen LogP) is 4.57. The van der Waals surface area contributed by atoms with Crippen molar-refractivity contribution in [1.82, 2.24) is 0 Å². The van der Waals surface area contributed by atoms with Gasteiger partial charge in [0.25, 0.3) is 5.91 Å². The van der Waals surface area contributed by atoms with Crippen LogP contribution in [0.1, 0.15) is 12.5 Å². The average Bonchev–Trinajstić information content (AvgIpc) is 3.13. The van der Waals surface area contributed by atoms with Gasteiger partial charge in [-0.05, 0) is 35.8 Å². The van der Waals surface area contributed by atoms with E-state index >= 15 is 0 Å². The van der Waals surface area contributed by atoms with Crippen LogP contribution in [0.15, 0.2) is 115 Å². The van der Waals surface area contributed by atoms with Crippen LogP contribution >= 0.6 is 6.89 Å². The summed E-state index contributed by atoms with van der Waals surface area (Å²) in [5.74, 6) is 0.119. The Balaban J connectivity index is 2.06. The van der Waals surface area contributed by atoms with Gasteiger partial charge in [-0.15, -0.1) is 0 Å². The molecule has 0 spiro atoms. The van der Waals surface area contributed by atoms with Crippen LogP contribution in [0, 0.1) is 0 Å². The highest BCUT2D eigenvalue weighted by atomic mass is 31.2. The molecule has 0 bridgehead atoms. The summed E-state index contributed by atoms with van der Waals surface area (Å²) in [6, 6.07) is 40.0. The van der Waals surface area contributed by atoms with E-state index in [1.807, 2.05) is 42.2 Å². The van der Waals surface area contributed by atoms with Crippen molar-refractivity contribution >= 4 is 39.7 Å². The van der Waals surface area contributed by atoms with Gasteiger partial charge in [0.2, 0.25) is 0 Å². The van der Waals surface area contributed by atoms with Crippen LogP contribution in [0.3, 0.4) is 0 Å². The first-order valence-electron chi connectivity index (χ1n) is 10.6. The maximum absolute atomic E-state index is 14.1. The Morgan fingerprint density at radius 2 is 1.03 bits per heavy atom. The van der Waals surface area contributed by atoms with E-state index in [1.165, 1.54) is 15.9 Å². The molecule has 0 aliphatic carbocycles. The molecule has 4 aromatic carbocycles. The lowest BCUT2D eigenvalue weighted by atomic mass is 10.2. The standard InChI is InChI=1S/C28H24NOP/c1-2-29-26-21-13-12-20-25(26)27(28(29)30)31(22-14-6-3-7-15-22,23-16-8-4-9-17-23)24-18-10-5-11-19-24/h3-21H,2H2,1H3. The van der Waals surface area contributed by atoms with Crippen LogP contribution in [0.5, 0.6) is 0 Å². The third-order valence-electron chi connectivity index (χ3n) is 5.98. The van der Waals surface area contributed by atoms with Crippen LogP contribution < -0.4 is 20.8 Å². The van der Waals surface area contributed by atoms with Gasteiger partial charge in [0.15, 0.2) is 0 Å². The number of carbonyl (C=O) groups excluding carboxylic acids is 1. The molecule has 4 aromatic rings. The third kappa shape index (κ3) is 2.99. The highest BCUT2D eigenvalue weighted by molar-refractivity contribution is 7.97. The van der Waals surface area contributed by atoms with Gasteiger partial charge in [0, 0.05) is 12.1 Å². The second-order valence-corrected chi connectivity index (χ2v) is 10.9. The van der Waals surface area contributed by atoms with Gasteiger partial charge >= 0.3 is 0 Å². The Hall–Kier alpha value is -3.35. The molecule has 0 saturated heterocycles. The molecule has 152 valence electrons. The molecular weight excluding hydrogens is 397 g/mol. The highest BCUT2D eigenvalue weighted by Gasteiger charge is 2.40. The van der Waals surface area contributed by atoms with Crippen LogP contribution in [-0.2, 0) is 4.79 Å². The zero-order chi connectivity index (χ0) is 21.3. The summed E-state index contributed by atoms with van der Waals surface area (Å²) < 4.78 is 0. The number of likely N-dealkylation sites (N-methyl/N-ethyl adjacent to an activating group) is 1. The molecule has 0 fully saturated rings. The van der Waals surface area contributed by atoms with Gasteiger partial charge in [-0.1, -0.05) is 109 Å². The summed E-state index contributed by atoms with van der Waals surface area (Å²) >= 11 is 0. The maximum Gasteiger partial charge on any atom is 0.260 e. The van der Waals surface area contributed by atoms with Crippen molar-refractivity contribution in [1.29, 1.82) is 0 Å². The third-order valence-corrected chi connectivity index (χ3v) is 10.3. The molecule has 1 heterocycles. The molecule has 2 nitrogen and oxygen atoms in total. The number of rotatable bonds is 4. The van der Waals surface area contributed by atoms with Gasteiger partial charge in [0.1, 0.15) is 0 Å². The first kappa shape index (κ1) is 19.6. The smallest absolute Gasteiger partial charge is 0.260 e. The SMILES string of the molecule is CCN1C(=O)C(=P(c2ccccc2)(c2ccccc2)c2ccccc2)c2ccccc21. The normalized spacial score (nSPS) is 13.4. The molecule has 5 rings (SSSR count). The first-order valence-corrected chi connectivity index (χ1v) is 12.4. The minimum absolute atomic E-state index is 0.119. The van der Waals surface area contributed by atoms with E-state index in [0.717, 1.165) is 16.5 Å². The van der Waals surface area contributed by atoms with Crippen LogP contribution in [0.2, 0.25) is 0 Å². The molecule has 1 amide bonds. The fourth-order valence-corrected chi connectivity index (χ4v) is 9.17. The molecule has 0 N–H and O–H groups in total. The molecular formula is C28H24NOP. The first-order chi connectivity index (χ1) is 15.3. The van der Waals surface area contributed by atoms with Crippen LogP contribution in [0.4, 0.5) is 5.69 Å². The number of para-hydroxylation sites is 1. The molecule has 0 radical (unpaired) electrons. The number of fused-ring (bicyclic) bond motifs is 1. The molecule has 0 unspecified atom stereocenters. The average molecular weight is 421 g/mol. The summed E-state index contributed by atoms with van der Waals surface area (Å²) in [7, 11) is 0. The zero-order valence-corrected chi connectivity index (χ0v) is 18.4.